The Morgan fingerprint density at radius 1 is 1.04 bits per heavy atom. The molecule has 0 saturated carbocycles. The largest absolute Gasteiger partial charge is 0.493 e. The molecule has 2 aromatic rings. The summed E-state index contributed by atoms with van der Waals surface area (Å²) in [6.07, 6.45) is 3.06. The number of halogens is 1. The van der Waals surface area contributed by atoms with Gasteiger partial charge in [0.15, 0.2) is 11.5 Å². The molecule has 24 heavy (non-hydrogen) atoms. The zero-order chi connectivity index (χ0) is 17.5. The lowest BCUT2D eigenvalue weighted by molar-refractivity contribution is -0.111. The Hall–Kier alpha value is -2.66. The summed E-state index contributed by atoms with van der Waals surface area (Å²) in [5.74, 6) is 1.08. The number of carbonyl (C=O) groups is 1. The van der Waals surface area contributed by atoms with Gasteiger partial charge >= 0.3 is 0 Å². The maximum atomic E-state index is 12.1. The molecule has 0 aliphatic heterocycles. The van der Waals surface area contributed by atoms with E-state index in [4.69, 9.17) is 25.8 Å². The lowest BCUT2D eigenvalue weighted by Gasteiger charge is -2.14. The van der Waals surface area contributed by atoms with E-state index in [1.165, 1.54) is 27.4 Å². The number of anilines is 1. The molecule has 0 heterocycles. The molecule has 0 bridgehead atoms. The van der Waals surface area contributed by atoms with Crippen molar-refractivity contribution in [2.45, 2.75) is 0 Å². The van der Waals surface area contributed by atoms with Gasteiger partial charge < -0.3 is 19.5 Å². The maximum absolute atomic E-state index is 12.1. The highest BCUT2D eigenvalue weighted by molar-refractivity contribution is 6.32. The Morgan fingerprint density at radius 3 is 2.21 bits per heavy atom. The van der Waals surface area contributed by atoms with E-state index in [2.05, 4.69) is 5.32 Å². The first kappa shape index (κ1) is 17.7. The van der Waals surface area contributed by atoms with Crippen LogP contribution >= 0.6 is 11.6 Å². The fourth-order valence-electron chi connectivity index (χ4n) is 2.11. The van der Waals surface area contributed by atoms with Crippen LogP contribution in [-0.2, 0) is 4.79 Å². The summed E-state index contributed by atoms with van der Waals surface area (Å²) in [4.78, 5) is 12.1. The summed E-state index contributed by atoms with van der Waals surface area (Å²) in [6, 6.07) is 10.6. The van der Waals surface area contributed by atoms with Crippen molar-refractivity contribution in [1.82, 2.24) is 0 Å². The van der Waals surface area contributed by atoms with Gasteiger partial charge in [0.25, 0.3) is 0 Å². The predicted octanol–water partition coefficient (Wildman–Crippen LogP) is 4.02. The second-order valence-corrected chi connectivity index (χ2v) is 5.17. The normalized spacial score (nSPS) is 10.5. The second kappa shape index (κ2) is 8.26. The van der Waals surface area contributed by atoms with E-state index in [1.54, 1.807) is 24.3 Å². The van der Waals surface area contributed by atoms with Gasteiger partial charge in [-0.3, -0.25) is 4.79 Å². The van der Waals surface area contributed by atoms with E-state index in [0.717, 1.165) is 5.56 Å². The molecule has 0 atom stereocenters. The van der Waals surface area contributed by atoms with Crippen LogP contribution in [0.5, 0.6) is 17.2 Å². The summed E-state index contributed by atoms with van der Waals surface area (Å²) in [6.45, 7) is 0. The van der Waals surface area contributed by atoms with Crippen molar-refractivity contribution in [2.24, 2.45) is 0 Å². The third kappa shape index (κ3) is 4.20. The first-order valence-corrected chi connectivity index (χ1v) is 7.50. The van der Waals surface area contributed by atoms with E-state index < -0.39 is 0 Å². The Bertz CT molecular complexity index is 733. The van der Waals surface area contributed by atoms with Gasteiger partial charge in [0, 0.05) is 28.9 Å². The average Bonchev–Trinajstić information content (AvgIpc) is 2.60. The number of rotatable bonds is 6. The monoisotopic (exact) mass is 347 g/mol. The number of methoxy groups -OCH3 is 3. The zero-order valence-corrected chi connectivity index (χ0v) is 14.4. The van der Waals surface area contributed by atoms with Crippen molar-refractivity contribution in [2.75, 3.05) is 26.6 Å². The molecule has 6 heteroatoms. The van der Waals surface area contributed by atoms with Crippen LogP contribution in [0.2, 0.25) is 5.02 Å². The number of hydrogen-bond acceptors (Lipinski definition) is 4. The van der Waals surface area contributed by atoms with Gasteiger partial charge in [-0.1, -0.05) is 29.8 Å². The minimum absolute atomic E-state index is 0.302. The molecule has 5 nitrogen and oxygen atoms in total. The summed E-state index contributed by atoms with van der Waals surface area (Å²) in [7, 11) is 4.55. The minimum Gasteiger partial charge on any atom is -0.493 e. The third-order valence-corrected chi connectivity index (χ3v) is 3.60. The molecule has 0 saturated heterocycles. The molecule has 0 radical (unpaired) electrons. The van der Waals surface area contributed by atoms with Crippen molar-refractivity contribution in [3.8, 4) is 17.2 Å². The highest BCUT2D eigenvalue weighted by Crippen LogP contribution is 2.39. The number of ether oxygens (including phenoxy) is 3. The number of benzene rings is 2. The molecule has 0 unspecified atom stereocenters. The second-order valence-electron chi connectivity index (χ2n) is 4.76. The van der Waals surface area contributed by atoms with Crippen LogP contribution in [0, 0.1) is 0 Å². The lowest BCUT2D eigenvalue weighted by atomic mass is 10.2. The van der Waals surface area contributed by atoms with Crippen LogP contribution in [0.3, 0.4) is 0 Å². The number of amides is 1. The SMILES string of the molecule is COc1cc(NC(=O)/C=C\c2ccccc2Cl)cc(OC)c1OC. The number of carbonyl (C=O) groups excluding carboxylic acids is 1. The molecule has 0 aliphatic rings. The highest BCUT2D eigenvalue weighted by Gasteiger charge is 2.13. The number of hydrogen-bond donors (Lipinski definition) is 1. The maximum Gasteiger partial charge on any atom is 0.248 e. The van der Waals surface area contributed by atoms with Gasteiger partial charge in [-0.2, -0.15) is 0 Å². The van der Waals surface area contributed by atoms with E-state index in [-0.39, 0.29) is 5.91 Å². The average molecular weight is 348 g/mol. The van der Waals surface area contributed by atoms with Gasteiger partial charge in [0.1, 0.15) is 0 Å². The molecule has 126 valence electrons. The van der Waals surface area contributed by atoms with Crippen molar-refractivity contribution in [3.05, 3.63) is 53.1 Å². The van der Waals surface area contributed by atoms with Crippen LogP contribution in [0.15, 0.2) is 42.5 Å². The lowest BCUT2D eigenvalue weighted by Crippen LogP contribution is -2.08. The third-order valence-electron chi connectivity index (χ3n) is 3.25. The predicted molar refractivity (Wildman–Crippen MR) is 95.2 cm³/mol. The molecule has 0 aliphatic carbocycles. The van der Waals surface area contributed by atoms with Crippen LogP contribution in [0.4, 0.5) is 5.69 Å². The zero-order valence-electron chi connectivity index (χ0n) is 13.6. The molecular weight excluding hydrogens is 330 g/mol. The molecule has 2 aromatic carbocycles. The molecule has 0 spiro atoms. The van der Waals surface area contributed by atoms with Crippen LogP contribution in [-0.4, -0.2) is 27.2 Å². The Morgan fingerprint density at radius 2 is 1.67 bits per heavy atom. The van der Waals surface area contributed by atoms with E-state index in [9.17, 15) is 4.79 Å². The molecular formula is C18H18ClNO4. The fourth-order valence-corrected chi connectivity index (χ4v) is 2.31. The van der Waals surface area contributed by atoms with Gasteiger partial charge in [0.05, 0.1) is 21.3 Å². The molecule has 1 N–H and O–H groups in total. The molecule has 2 rings (SSSR count). The van der Waals surface area contributed by atoms with E-state index >= 15 is 0 Å². The van der Waals surface area contributed by atoms with Crippen LogP contribution < -0.4 is 19.5 Å². The molecule has 0 fully saturated rings. The summed E-state index contributed by atoms with van der Waals surface area (Å²) in [5, 5.41) is 3.33. The Labute approximate surface area is 145 Å². The summed E-state index contributed by atoms with van der Waals surface area (Å²) in [5.41, 5.74) is 1.29. The summed E-state index contributed by atoms with van der Waals surface area (Å²) >= 11 is 6.05. The van der Waals surface area contributed by atoms with Crippen molar-refractivity contribution in [1.29, 1.82) is 0 Å². The first-order valence-electron chi connectivity index (χ1n) is 7.12. The van der Waals surface area contributed by atoms with Gasteiger partial charge in [-0.15, -0.1) is 0 Å². The summed E-state index contributed by atoms with van der Waals surface area (Å²) < 4.78 is 15.8. The standard InChI is InChI=1S/C18H18ClNO4/c1-22-15-10-13(11-16(23-2)18(15)24-3)20-17(21)9-8-12-6-4-5-7-14(12)19/h4-11H,1-3H3,(H,20,21)/b9-8-. The van der Waals surface area contributed by atoms with Crippen molar-refractivity contribution in [3.63, 3.8) is 0 Å². The van der Waals surface area contributed by atoms with E-state index in [0.29, 0.717) is 28.0 Å². The van der Waals surface area contributed by atoms with Crippen molar-refractivity contribution < 1.29 is 19.0 Å². The van der Waals surface area contributed by atoms with Crippen LogP contribution in [0.1, 0.15) is 5.56 Å². The van der Waals surface area contributed by atoms with Crippen molar-refractivity contribution >= 4 is 29.3 Å². The van der Waals surface area contributed by atoms with Gasteiger partial charge in [0.2, 0.25) is 11.7 Å². The molecule has 0 aromatic heterocycles. The Kier molecular flexibility index (Phi) is 6.09. The highest BCUT2D eigenvalue weighted by atomic mass is 35.5. The molecule has 1 amide bonds. The van der Waals surface area contributed by atoms with Crippen LogP contribution in [0.25, 0.3) is 6.08 Å². The fraction of sp³-hybridized carbons (Fsp3) is 0.167. The topological polar surface area (TPSA) is 56.8 Å². The van der Waals surface area contributed by atoms with Gasteiger partial charge in [-0.05, 0) is 17.7 Å². The van der Waals surface area contributed by atoms with Gasteiger partial charge in [-0.25, -0.2) is 0 Å². The first-order chi connectivity index (χ1) is 11.6. The smallest absolute Gasteiger partial charge is 0.248 e. The quantitative estimate of drug-likeness (QED) is 0.802. The minimum atomic E-state index is -0.302. The Balaban J connectivity index is 2.18. The van der Waals surface area contributed by atoms with E-state index in [1.807, 2.05) is 18.2 Å². The number of nitrogens with one attached hydrogen (secondary N) is 1.